The van der Waals surface area contributed by atoms with Crippen LogP contribution >= 0.6 is 11.6 Å². The Kier molecular flexibility index (Phi) is 5.95. The Morgan fingerprint density at radius 1 is 1.44 bits per heavy atom. The third kappa shape index (κ3) is 4.64. The number of nitrogens with zero attached hydrogens (tertiary/aromatic N) is 1. The Morgan fingerprint density at radius 2 is 2.12 bits per heavy atom. The summed E-state index contributed by atoms with van der Waals surface area (Å²) in [7, 11) is -3.12. The molecule has 0 bridgehead atoms. The van der Waals surface area contributed by atoms with E-state index in [4.69, 9.17) is 22.1 Å². The Morgan fingerprint density at radius 3 is 2.64 bits per heavy atom. The topological polar surface area (TPSA) is 107 Å². The zero-order chi connectivity index (χ0) is 18.8. The number of carbonyl (C=O) groups excluding carboxylic acids is 2. The van der Waals surface area contributed by atoms with Crippen molar-refractivity contribution < 1.29 is 22.7 Å². The number of ether oxygens (including phenoxy) is 1. The van der Waals surface area contributed by atoms with E-state index in [0.29, 0.717) is 18.0 Å². The van der Waals surface area contributed by atoms with Gasteiger partial charge in [0.1, 0.15) is 0 Å². The summed E-state index contributed by atoms with van der Waals surface area (Å²) in [6.45, 7) is 3.55. The van der Waals surface area contributed by atoms with Crippen LogP contribution in [-0.2, 0) is 19.4 Å². The van der Waals surface area contributed by atoms with Gasteiger partial charge in [0.2, 0.25) is 0 Å². The number of anilines is 1. The number of hydrogen-bond acceptors (Lipinski definition) is 6. The van der Waals surface area contributed by atoms with E-state index in [1.807, 2.05) is 0 Å². The van der Waals surface area contributed by atoms with Crippen molar-refractivity contribution in [3.05, 3.63) is 28.8 Å². The molecule has 0 aromatic heterocycles. The van der Waals surface area contributed by atoms with E-state index in [-0.39, 0.29) is 28.8 Å². The Hall–Kier alpha value is -1.80. The number of rotatable bonds is 5. The Balaban J connectivity index is 2.06. The van der Waals surface area contributed by atoms with Crippen LogP contribution in [0, 0.1) is 0 Å². The number of nitrogens with two attached hydrogens (primary N) is 1. The summed E-state index contributed by atoms with van der Waals surface area (Å²) < 4.78 is 28.5. The average molecular weight is 389 g/mol. The molecule has 2 rings (SSSR count). The molecular formula is C16H21ClN2O5S. The highest BCUT2D eigenvalue weighted by atomic mass is 35.5. The predicted octanol–water partition coefficient (Wildman–Crippen LogP) is 1.50. The van der Waals surface area contributed by atoms with Gasteiger partial charge in [0.05, 0.1) is 17.1 Å². The molecule has 0 unspecified atom stereocenters. The zero-order valence-corrected chi connectivity index (χ0v) is 15.6. The molecule has 0 spiro atoms. The zero-order valence-electron chi connectivity index (χ0n) is 14.1. The molecule has 2 atom stereocenters. The molecular weight excluding hydrogens is 368 g/mol. The number of esters is 1. The van der Waals surface area contributed by atoms with Crippen molar-refractivity contribution in [1.82, 2.24) is 4.90 Å². The van der Waals surface area contributed by atoms with Crippen molar-refractivity contribution in [3.63, 3.8) is 0 Å². The molecule has 0 saturated carbocycles. The second-order valence-corrected chi connectivity index (χ2v) is 8.63. The maximum absolute atomic E-state index is 12.6. The molecule has 25 heavy (non-hydrogen) atoms. The van der Waals surface area contributed by atoms with Crippen molar-refractivity contribution in [3.8, 4) is 0 Å². The van der Waals surface area contributed by atoms with Gasteiger partial charge in [-0.05, 0) is 38.5 Å². The fourth-order valence-corrected chi connectivity index (χ4v) is 4.75. The molecule has 1 fully saturated rings. The number of amides is 1. The predicted molar refractivity (Wildman–Crippen MR) is 95.2 cm³/mol. The molecule has 0 aliphatic carbocycles. The first-order valence-corrected chi connectivity index (χ1v) is 10.1. The lowest BCUT2D eigenvalue weighted by molar-refractivity contribution is -0.141. The number of nitrogen functional groups attached to an aromatic ring is 1. The second-order valence-electron chi connectivity index (χ2n) is 5.96. The highest BCUT2D eigenvalue weighted by Gasteiger charge is 2.36. The minimum absolute atomic E-state index is 0.0582. The monoisotopic (exact) mass is 388 g/mol. The molecule has 9 heteroatoms. The first-order chi connectivity index (χ1) is 11.6. The minimum atomic E-state index is -3.12. The first kappa shape index (κ1) is 19.5. The standard InChI is InChI=1S/C16H21ClN2O5S/c1-3-19(12-6-7-25(22,23)9-12)15(20)10(2)24-16(21)13-5-4-11(17)8-14(13)18/h4-5,8,10,12H,3,6-7,9,18H2,1-2H3/t10-,12+/m1/s1. The molecule has 138 valence electrons. The smallest absolute Gasteiger partial charge is 0.341 e. The van der Waals surface area contributed by atoms with Gasteiger partial charge >= 0.3 is 5.97 Å². The van der Waals surface area contributed by atoms with E-state index in [0.717, 1.165) is 0 Å². The minimum Gasteiger partial charge on any atom is -0.449 e. The molecule has 1 aromatic rings. The van der Waals surface area contributed by atoms with Crippen LogP contribution in [0.1, 0.15) is 30.6 Å². The molecule has 1 aliphatic rings. The molecule has 7 nitrogen and oxygen atoms in total. The van der Waals surface area contributed by atoms with Crippen LogP contribution in [0.2, 0.25) is 5.02 Å². The van der Waals surface area contributed by atoms with Gasteiger partial charge in [0, 0.05) is 23.3 Å². The number of sulfone groups is 1. The van der Waals surface area contributed by atoms with Gasteiger partial charge < -0.3 is 15.4 Å². The van der Waals surface area contributed by atoms with E-state index in [2.05, 4.69) is 0 Å². The van der Waals surface area contributed by atoms with Gasteiger partial charge in [-0.2, -0.15) is 0 Å². The lowest BCUT2D eigenvalue weighted by atomic mass is 10.1. The quantitative estimate of drug-likeness (QED) is 0.605. The highest BCUT2D eigenvalue weighted by molar-refractivity contribution is 7.91. The summed E-state index contributed by atoms with van der Waals surface area (Å²) in [6, 6.07) is 3.97. The van der Waals surface area contributed by atoms with E-state index >= 15 is 0 Å². The van der Waals surface area contributed by atoms with E-state index < -0.39 is 27.8 Å². The first-order valence-electron chi connectivity index (χ1n) is 7.91. The maximum atomic E-state index is 12.6. The fourth-order valence-electron chi connectivity index (χ4n) is 2.84. The largest absolute Gasteiger partial charge is 0.449 e. The third-order valence-electron chi connectivity index (χ3n) is 4.14. The molecule has 0 radical (unpaired) electrons. The van der Waals surface area contributed by atoms with Crippen LogP contribution in [0.15, 0.2) is 18.2 Å². The van der Waals surface area contributed by atoms with Gasteiger partial charge in [-0.1, -0.05) is 11.6 Å². The van der Waals surface area contributed by atoms with Crippen LogP contribution in [0.3, 0.4) is 0 Å². The van der Waals surface area contributed by atoms with E-state index in [1.165, 1.54) is 30.0 Å². The normalized spacial score (nSPS) is 20.0. The number of benzene rings is 1. The number of hydrogen-bond donors (Lipinski definition) is 1. The Labute approximate surface area is 152 Å². The van der Waals surface area contributed by atoms with Crippen LogP contribution < -0.4 is 5.73 Å². The van der Waals surface area contributed by atoms with Gasteiger partial charge in [-0.25, -0.2) is 13.2 Å². The summed E-state index contributed by atoms with van der Waals surface area (Å²) in [6.07, 6.45) is -0.655. The summed E-state index contributed by atoms with van der Waals surface area (Å²) in [4.78, 5) is 26.2. The molecule has 2 N–H and O–H groups in total. The molecule has 1 amide bonds. The van der Waals surface area contributed by atoms with Crippen LogP contribution in [-0.4, -0.2) is 55.4 Å². The maximum Gasteiger partial charge on any atom is 0.341 e. The van der Waals surface area contributed by atoms with Crippen LogP contribution in [0.4, 0.5) is 5.69 Å². The number of carbonyl (C=O) groups is 2. The van der Waals surface area contributed by atoms with Crippen molar-refractivity contribution in [2.24, 2.45) is 0 Å². The third-order valence-corrected chi connectivity index (χ3v) is 6.12. The SMILES string of the molecule is CCN(C(=O)[C@@H](C)OC(=O)c1ccc(Cl)cc1N)[C@H]1CCS(=O)(=O)C1. The van der Waals surface area contributed by atoms with E-state index in [1.54, 1.807) is 6.92 Å². The van der Waals surface area contributed by atoms with Gasteiger partial charge in [0.25, 0.3) is 5.91 Å². The number of halogens is 1. The van der Waals surface area contributed by atoms with Crippen molar-refractivity contribution in [2.75, 3.05) is 23.8 Å². The van der Waals surface area contributed by atoms with Crippen molar-refractivity contribution in [2.45, 2.75) is 32.4 Å². The summed E-state index contributed by atoms with van der Waals surface area (Å²) >= 11 is 5.79. The summed E-state index contributed by atoms with van der Waals surface area (Å²) in [5.74, 6) is -1.15. The highest BCUT2D eigenvalue weighted by Crippen LogP contribution is 2.21. The van der Waals surface area contributed by atoms with Crippen molar-refractivity contribution in [1.29, 1.82) is 0 Å². The Bertz CT molecular complexity index is 781. The van der Waals surface area contributed by atoms with Crippen molar-refractivity contribution >= 4 is 39.0 Å². The summed E-state index contributed by atoms with van der Waals surface area (Å²) in [5.41, 5.74) is 6.02. The van der Waals surface area contributed by atoms with Crippen LogP contribution in [0.5, 0.6) is 0 Å². The molecule has 1 aliphatic heterocycles. The summed E-state index contributed by atoms with van der Waals surface area (Å²) in [5, 5.41) is 0.387. The van der Waals surface area contributed by atoms with Gasteiger partial charge in [-0.15, -0.1) is 0 Å². The molecule has 1 aromatic carbocycles. The fraction of sp³-hybridized carbons (Fsp3) is 0.500. The van der Waals surface area contributed by atoms with E-state index in [9.17, 15) is 18.0 Å². The molecule has 1 saturated heterocycles. The lowest BCUT2D eigenvalue weighted by Gasteiger charge is -2.29. The van der Waals surface area contributed by atoms with Gasteiger partial charge in [-0.3, -0.25) is 4.79 Å². The lowest BCUT2D eigenvalue weighted by Crippen LogP contribution is -2.46. The second kappa shape index (κ2) is 7.61. The number of likely N-dealkylation sites (N-methyl/N-ethyl adjacent to an activating group) is 1. The molecule has 1 heterocycles. The van der Waals surface area contributed by atoms with Gasteiger partial charge in [0.15, 0.2) is 15.9 Å². The van der Waals surface area contributed by atoms with Crippen LogP contribution in [0.25, 0.3) is 0 Å². The average Bonchev–Trinajstić information content (AvgIpc) is 2.87.